The molecular weight excluding hydrogens is 317 g/mol. The van der Waals surface area contributed by atoms with Crippen LogP contribution in [0.3, 0.4) is 0 Å². The summed E-state index contributed by atoms with van der Waals surface area (Å²) in [5.74, 6) is -1.23. The van der Waals surface area contributed by atoms with Crippen LogP contribution in [0, 0.1) is 0 Å². The number of hydrogen-bond acceptors (Lipinski definition) is 3. The molecule has 5 nitrogen and oxygen atoms in total. The zero-order chi connectivity index (χ0) is 16.4. The van der Waals surface area contributed by atoms with Gasteiger partial charge in [-0.05, 0) is 26.8 Å². The molecule has 0 radical (unpaired) electrons. The standard InChI is InChI=1S/C14H17Cl2NO4/c1-14(2,3)21-13(20)17(4)11(12(18)19)8-6-5-7-9(15)10(8)16/h5-7,11H,1-4H3,(H,18,19). The molecule has 0 fully saturated rings. The maximum absolute atomic E-state index is 12.0. The number of carbonyl (C=O) groups is 2. The van der Waals surface area contributed by atoms with Crippen LogP contribution >= 0.6 is 23.2 Å². The minimum atomic E-state index is -1.29. The number of nitrogens with zero attached hydrogens (tertiary/aromatic N) is 1. The predicted octanol–water partition coefficient (Wildman–Crippen LogP) is 3.99. The Labute approximate surface area is 133 Å². The van der Waals surface area contributed by atoms with Gasteiger partial charge >= 0.3 is 12.1 Å². The number of ether oxygens (including phenoxy) is 1. The highest BCUT2D eigenvalue weighted by molar-refractivity contribution is 6.42. The number of carboxylic acids is 1. The van der Waals surface area contributed by atoms with Crippen molar-refractivity contribution >= 4 is 35.3 Å². The Kier molecular flexibility index (Phi) is 5.48. The lowest BCUT2D eigenvalue weighted by atomic mass is 10.1. The van der Waals surface area contributed by atoms with Crippen LogP contribution in [0.2, 0.25) is 10.0 Å². The number of halogens is 2. The normalized spacial score (nSPS) is 12.7. The molecule has 1 unspecified atom stereocenters. The Morgan fingerprint density at radius 2 is 1.86 bits per heavy atom. The average Bonchev–Trinajstić information content (AvgIpc) is 2.32. The molecule has 0 aromatic heterocycles. The van der Waals surface area contributed by atoms with E-state index in [-0.39, 0.29) is 15.6 Å². The van der Waals surface area contributed by atoms with Crippen molar-refractivity contribution in [2.45, 2.75) is 32.4 Å². The fourth-order valence-electron chi connectivity index (χ4n) is 1.68. The molecule has 1 aromatic carbocycles. The summed E-state index contributed by atoms with van der Waals surface area (Å²) in [6.45, 7) is 5.09. The van der Waals surface area contributed by atoms with Crippen LogP contribution in [0.1, 0.15) is 32.4 Å². The molecule has 7 heteroatoms. The van der Waals surface area contributed by atoms with Gasteiger partial charge in [-0.3, -0.25) is 4.90 Å². The number of hydrogen-bond donors (Lipinski definition) is 1. The minimum Gasteiger partial charge on any atom is -0.479 e. The maximum Gasteiger partial charge on any atom is 0.411 e. The second-order valence-electron chi connectivity index (χ2n) is 5.48. The largest absolute Gasteiger partial charge is 0.479 e. The molecule has 0 spiro atoms. The van der Waals surface area contributed by atoms with E-state index in [0.29, 0.717) is 0 Å². The highest BCUT2D eigenvalue weighted by Gasteiger charge is 2.33. The first kappa shape index (κ1) is 17.6. The second-order valence-corrected chi connectivity index (χ2v) is 6.26. The molecule has 1 atom stereocenters. The quantitative estimate of drug-likeness (QED) is 0.908. The van der Waals surface area contributed by atoms with E-state index in [0.717, 1.165) is 4.90 Å². The Balaban J connectivity index is 3.16. The zero-order valence-electron chi connectivity index (χ0n) is 12.2. The summed E-state index contributed by atoms with van der Waals surface area (Å²) in [6, 6.07) is 3.34. The van der Waals surface area contributed by atoms with Gasteiger partial charge in [0.15, 0.2) is 6.04 Å². The molecule has 1 aromatic rings. The van der Waals surface area contributed by atoms with Crippen molar-refractivity contribution in [3.63, 3.8) is 0 Å². The molecule has 1 rings (SSSR count). The van der Waals surface area contributed by atoms with E-state index in [4.69, 9.17) is 27.9 Å². The summed E-state index contributed by atoms with van der Waals surface area (Å²) in [6.07, 6.45) is -0.758. The monoisotopic (exact) mass is 333 g/mol. The summed E-state index contributed by atoms with van der Waals surface area (Å²) in [5.41, 5.74) is -0.503. The number of carboxylic acid groups (broad SMARTS) is 1. The molecule has 0 aliphatic rings. The van der Waals surface area contributed by atoms with E-state index in [9.17, 15) is 14.7 Å². The van der Waals surface area contributed by atoms with Gasteiger partial charge in [-0.2, -0.15) is 0 Å². The number of likely N-dealkylation sites (N-methyl/N-ethyl adjacent to an activating group) is 1. The summed E-state index contributed by atoms with van der Waals surface area (Å²) in [7, 11) is 1.34. The van der Waals surface area contributed by atoms with E-state index < -0.39 is 23.7 Å². The third kappa shape index (κ3) is 4.51. The van der Waals surface area contributed by atoms with Crippen molar-refractivity contribution in [2.75, 3.05) is 7.05 Å². The highest BCUT2D eigenvalue weighted by Crippen LogP contribution is 2.33. The van der Waals surface area contributed by atoms with E-state index in [2.05, 4.69) is 0 Å². The van der Waals surface area contributed by atoms with Crippen molar-refractivity contribution in [3.8, 4) is 0 Å². The van der Waals surface area contributed by atoms with Gasteiger partial charge in [-0.15, -0.1) is 0 Å². The SMILES string of the molecule is CN(C(=O)OC(C)(C)C)C(C(=O)O)c1cccc(Cl)c1Cl. The van der Waals surface area contributed by atoms with Crippen molar-refractivity contribution in [2.24, 2.45) is 0 Å². The molecule has 0 aliphatic carbocycles. The summed E-state index contributed by atoms with van der Waals surface area (Å²) < 4.78 is 5.17. The average molecular weight is 334 g/mol. The Morgan fingerprint density at radius 1 is 1.29 bits per heavy atom. The smallest absolute Gasteiger partial charge is 0.411 e. The molecular formula is C14H17Cl2NO4. The van der Waals surface area contributed by atoms with Gasteiger partial charge in [0, 0.05) is 12.6 Å². The fraction of sp³-hybridized carbons (Fsp3) is 0.429. The van der Waals surface area contributed by atoms with Crippen molar-refractivity contribution < 1.29 is 19.4 Å². The summed E-state index contributed by atoms with van der Waals surface area (Å²) in [5, 5.41) is 9.73. The number of benzene rings is 1. The molecule has 0 saturated heterocycles. The second kappa shape index (κ2) is 6.54. The lowest BCUT2D eigenvalue weighted by Crippen LogP contribution is -2.39. The number of carbonyl (C=O) groups excluding carboxylic acids is 1. The lowest BCUT2D eigenvalue weighted by Gasteiger charge is -2.29. The molecule has 0 saturated carbocycles. The fourth-order valence-corrected chi connectivity index (χ4v) is 2.09. The Bertz CT molecular complexity index is 554. The van der Waals surface area contributed by atoms with Crippen LogP contribution in [0.4, 0.5) is 4.79 Å². The highest BCUT2D eigenvalue weighted by atomic mass is 35.5. The molecule has 0 heterocycles. The van der Waals surface area contributed by atoms with Crippen LogP contribution in [-0.2, 0) is 9.53 Å². The summed E-state index contributed by atoms with van der Waals surface area (Å²) >= 11 is 11.9. The molecule has 1 N–H and O–H groups in total. The van der Waals surface area contributed by atoms with Crippen LogP contribution in [0.15, 0.2) is 18.2 Å². The zero-order valence-corrected chi connectivity index (χ0v) is 13.7. The first-order chi connectivity index (χ1) is 9.54. The van der Waals surface area contributed by atoms with Crippen molar-refractivity contribution in [1.29, 1.82) is 0 Å². The number of aliphatic carboxylic acids is 1. The maximum atomic E-state index is 12.0. The molecule has 116 valence electrons. The molecule has 21 heavy (non-hydrogen) atoms. The minimum absolute atomic E-state index is 0.0991. The molecule has 1 amide bonds. The first-order valence-electron chi connectivity index (χ1n) is 6.17. The third-order valence-electron chi connectivity index (χ3n) is 2.58. The molecule has 0 aliphatic heterocycles. The molecule has 0 bridgehead atoms. The Hall–Kier alpha value is -1.46. The van der Waals surface area contributed by atoms with Crippen LogP contribution in [0.5, 0.6) is 0 Å². The van der Waals surface area contributed by atoms with E-state index in [1.54, 1.807) is 32.9 Å². The van der Waals surface area contributed by atoms with Crippen LogP contribution in [-0.4, -0.2) is 34.7 Å². The third-order valence-corrected chi connectivity index (χ3v) is 3.41. The Morgan fingerprint density at radius 3 is 2.33 bits per heavy atom. The van der Waals surface area contributed by atoms with Gasteiger partial charge in [-0.1, -0.05) is 35.3 Å². The van der Waals surface area contributed by atoms with Gasteiger partial charge in [0.05, 0.1) is 10.0 Å². The van der Waals surface area contributed by atoms with Gasteiger partial charge in [0.2, 0.25) is 0 Å². The van der Waals surface area contributed by atoms with E-state index >= 15 is 0 Å². The van der Waals surface area contributed by atoms with Crippen molar-refractivity contribution in [1.82, 2.24) is 4.90 Å². The first-order valence-corrected chi connectivity index (χ1v) is 6.92. The lowest BCUT2D eigenvalue weighted by molar-refractivity contribution is -0.142. The van der Waals surface area contributed by atoms with Crippen LogP contribution < -0.4 is 0 Å². The van der Waals surface area contributed by atoms with Gasteiger partial charge < -0.3 is 9.84 Å². The van der Waals surface area contributed by atoms with E-state index in [1.807, 2.05) is 0 Å². The predicted molar refractivity (Wildman–Crippen MR) is 80.8 cm³/mol. The van der Waals surface area contributed by atoms with Crippen LogP contribution in [0.25, 0.3) is 0 Å². The van der Waals surface area contributed by atoms with Gasteiger partial charge in [0.25, 0.3) is 0 Å². The number of amides is 1. The summed E-state index contributed by atoms with van der Waals surface area (Å²) in [4.78, 5) is 24.5. The van der Waals surface area contributed by atoms with Gasteiger partial charge in [0.1, 0.15) is 5.60 Å². The number of rotatable bonds is 3. The van der Waals surface area contributed by atoms with E-state index in [1.165, 1.54) is 13.1 Å². The van der Waals surface area contributed by atoms with Gasteiger partial charge in [-0.25, -0.2) is 9.59 Å². The topological polar surface area (TPSA) is 66.8 Å². The van der Waals surface area contributed by atoms with Crippen molar-refractivity contribution in [3.05, 3.63) is 33.8 Å².